The molecule has 0 spiro atoms. The molecule has 1 N–H and O–H groups in total. The molecule has 0 radical (unpaired) electrons. The first-order chi connectivity index (χ1) is 8.87. The smallest absolute Gasteiger partial charge is 0.410 e. The average Bonchev–Trinajstić information content (AvgIpc) is 2.79. The number of β-amino-alcohol motifs (C(OH)–C–C–N with tert-alkyl or cyclic N) is 1. The van der Waals surface area contributed by atoms with Gasteiger partial charge in [0.25, 0.3) is 0 Å². The summed E-state index contributed by atoms with van der Waals surface area (Å²) < 4.78 is 10.3. The SMILES string of the molecule is CC(C)(C)OC(=O)N1CC[C@@H](c2ccoc2)[C@H](O)C1. The Kier molecular flexibility index (Phi) is 3.85. The van der Waals surface area contributed by atoms with Crippen LogP contribution in [0.3, 0.4) is 0 Å². The van der Waals surface area contributed by atoms with Crippen molar-refractivity contribution in [1.29, 1.82) is 0 Å². The lowest BCUT2D eigenvalue weighted by molar-refractivity contribution is -0.00155. The number of rotatable bonds is 1. The number of aliphatic hydroxyl groups excluding tert-OH is 1. The molecule has 1 aromatic heterocycles. The first kappa shape index (κ1) is 13.9. The van der Waals surface area contributed by atoms with Crippen LogP contribution in [0.4, 0.5) is 4.79 Å². The molecule has 19 heavy (non-hydrogen) atoms. The number of likely N-dealkylation sites (tertiary alicyclic amines) is 1. The Bertz CT molecular complexity index is 421. The van der Waals surface area contributed by atoms with Crippen LogP contribution in [0.25, 0.3) is 0 Å². The van der Waals surface area contributed by atoms with E-state index in [4.69, 9.17) is 9.15 Å². The van der Waals surface area contributed by atoms with Crippen molar-refractivity contribution in [3.63, 3.8) is 0 Å². The Labute approximate surface area is 113 Å². The maximum Gasteiger partial charge on any atom is 0.410 e. The normalized spacial score (nSPS) is 24.3. The van der Waals surface area contributed by atoms with E-state index in [1.54, 1.807) is 17.4 Å². The van der Waals surface area contributed by atoms with E-state index in [-0.39, 0.29) is 12.0 Å². The number of hydrogen-bond acceptors (Lipinski definition) is 4. The summed E-state index contributed by atoms with van der Waals surface area (Å²) in [6, 6.07) is 1.86. The zero-order valence-corrected chi connectivity index (χ0v) is 11.6. The summed E-state index contributed by atoms with van der Waals surface area (Å²) in [5.74, 6) is 0.0254. The van der Waals surface area contributed by atoms with E-state index >= 15 is 0 Å². The number of furan rings is 1. The maximum absolute atomic E-state index is 11.9. The standard InChI is InChI=1S/C14H21NO4/c1-14(2,3)19-13(17)15-6-4-11(12(16)8-15)10-5-7-18-9-10/h5,7,9,11-12,16H,4,6,8H2,1-3H3/t11-,12+/m0/s1. The second-order valence-corrected chi connectivity index (χ2v) is 5.95. The van der Waals surface area contributed by atoms with Gasteiger partial charge in [0.15, 0.2) is 0 Å². The van der Waals surface area contributed by atoms with Crippen LogP contribution >= 0.6 is 0 Å². The third-order valence-electron chi connectivity index (χ3n) is 3.20. The number of aliphatic hydroxyl groups is 1. The molecule has 2 atom stereocenters. The lowest BCUT2D eigenvalue weighted by Gasteiger charge is -2.36. The monoisotopic (exact) mass is 267 g/mol. The molecule has 1 fully saturated rings. The lowest BCUT2D eigenvalue weighted by Crippen LogP contribution is -2.47. The molecule has 1 saturated heterocycles. The summed E-state index contributed by atoms with van der Waals surface area (Å²) in [6.45, 7) is 6.38. The Hall–Kier alpha value is -1.49. The lowest BCUT2D eigenvalue weighted by atomic mass is 9.89. The molecule has 0 bridgehead atoms. The fourth-order valence-electron chi connectivity index (χ4n) is 2.30. The maximum atomic E-state index is 11.9. The van der Waals surface area contributed by atoms with Gasteiger partial charge in [-0.05, 0) is 38.8 Å². The molecule has 5 heteroatoms. The second-order valence-electron chi connectivity index (χ2n) is 5.95. The van der Waals surface area contributed by atoms with Gasteiger partial charge in [-0.25, -0.2) is 4.79 Å². The average molecular weight is 267 g/mol. The molecule has 106 valence electrons. The molecule has 1 amide bonds. The van der Waals surface area contributed by atoms with Gasteiger partial charge in [0.2, 0.25) is 0 Å². The Balaban J connectivity index is 1.95. The third kappa shape index (κ3) is 3.50. The van der Waals surface area contributed by atoms with Gasteiger partial charge in [-0.3, -0.25) is 0 Å². The molecule has 1 aliphatic rings. The molecular formula is C14H21NO4. The summed E-state index contributed by atoms with van der Waals surface area (Å²) in [6.07, 6.45) is 3.01. The quantitative estimate of drug-likeness (QED) is 0.848. The molecule has 2 heterocycles. The Morgan fingerprint density at radius 1 is 1.53 bits per heavy atom. The first-order valence-corrected chi connectivity index (χ1v) is 6.55. The fraction of sp³-hybridized carbons (Fsp3) is 0.643. The highest BCUT2D eigenvalue weighted by Crippen LogP contribution is 2.29. The van der Waals surface area contributed by atoms with Gasteiger partial charge in [-0.1, -0.05) is 0 Å². The van der Waals surface area contributed by atoms with Crippen LogP contribution in [0.5, 0.6) is 0 Å². The minimum absolute atomic E-state index is 0.0254. The van der Waals surface area contributed by atoms with Crippen molar-refractivity contribution in [1.82, 2.24) is 4.90 Å². The van der Waals surface area contributed by atoms with Gasteiger partial charge in [0.05, 0.1) is 25.2 Å². The zero-order chi connectivity index (χ0) is 14.0. The minimum Gasteiger partial charge on any atom is -0.472 e. The van der Waals surface area contributed by atoms with Crippen LogP contribution in [-0.4, -0.2) is 40.9 Å². The minimum atomic E-state index is -0.584. The van der Waals surface area contributed by atoms with E-state index in [0.717, 1.165) is 5.56 Å². The van der Waals surface area contributed by atoms with E-state index in [1.807, 2.05) is 26.8 Å². The van der Waals surface area contributed by atoms with Crippen molar-refractivity contribution >= 4 is 6.09 Å². The first-order valence-electron chi connectivity index (χ1n) is 6.55. The summed E-state index contributed by atoms with van der Waals surface area (Å²) in [4.78, 5) is 13.5. The van der Waals surface area contributed by atoms with Gasteiger partial charge in [-0.15, -0.1) is 0 Å². The van der Waals surface area contributed by atoms with Crippen molar-refractivity contribution in [3.05, 3.63) is 24.2 Å². The predicted octanol–water partition coefficient (Wildman–Crippen LogP) is 2.36. The number of carbonyl (C=O) groups excluding carboxylic acids is 1. The van der Waals surface area contributed by atoms with Crippen molar-refractivity contribution in [2.75, 3.05) is 13.1 Å². The fourth-order valence-corrected chi connectivity index (χ4v) is 2.30. The predicted molar refractivity (Wildman–Crippen MR) is 69.9 cm³/mol. The third-order valence-corrected chi connectivity index (χ3v) is 3.20. The highest BCUT2D eigenvalue weighted by Gasteiger charge is 2.33. The molecule has 1 aromatic rings. The highest BCUT2D eigenvalue weighted by molar-refractivity contribution is 5.68. The van der Waals surface area contributed by atoms with Gasteiger partial charge in [0.1, 0.15) is 5.60 Å². The van der Waals surface area contributed by atoms with E-state index in [9.17, 15) is 9.90 Å². The van der Waals surface area contributed by atoms with Crippen LogP contribution in [0.1, 0.15) is 38.7 Å². The van der Waals surface area contributed by atoms with Gasteiger partial charge < -0.3 is 19.2 Å². The number of ether oxygens (including phenoxy) is 1. The molecule has 2 rings (SSSR count). The number of amides is 1. The Morgan fingerprint density at radius 2 is 2.26 bits per heavy atom. The second kappa shape index (κ2) is 5.25. The number of nitrogens with zero attached hydrogens (tertiary/aromatic N) is 1. The molecule has 0 saturated carbocycles. The number of piperidine rings is 1. The molecule has 5 nitrogen and oxygen atoms in total. The highest BCUT2D eigenvalue weighted by atomic mass is 16.6. The van der Waals surface area contributed by atoms with E-state index in [2.05, 4.69) is 0 Å². The van der Waals surface area contributed by atoms with Gasteiger partial charge in [0, 0.05) is 12.5 Å². The van der Waals surface area contributed by atoms with Crippen LogP contribution in [-0.2, 0) is 4.74 Å². The topological polar surface area (TPSA) is 62.9 Å². The molecule has 1 aliphatic heterocycles. The number of hydrogen-bond donors (Lipinski definition) is 1. The van der Waals surface area contributed by atoms with Crippen LogP contribution < -0.4 is 0 Å². The van der Waals surface area contributed by atoms with E-state index < -0.39 is 11.7 Å². The van der Waals surface area contributed by atoms with E-state index in [0.29, 0.717) is 19.5 Å². The van der Waals surface area contributed by atoms with Crippen molar-refractivity contribution in [2.24, 2.45) is 0 Å². The van der Waals surface area contributed by atoms with Crippen molar-refractivity contribution < 1.29 is 19.1 Å². The van der Waals surface area contributed by atoms with Gasteiger partial charge >= 0.3 is 6.09 Å². The van der Waals surface area contributed by atoms with Crippen LogP contribution in [0, 0.1) is 0 Å². The van der Waals surface area contributed by atoms with Crippen LogP contribution in [0.2, 0.25) is 0 Å². The molecule has 0 unspecified atom stereocenters. The zero-order valence-electron chi connectivity index (χ0n) is 11.6. The van der Waals surface area contributed by atoms with Crippen LogP contribution in [0.15, 0.2) is 23.0 Å². The van der Waals surface area contributed by atoms with Crippen molar-refractivity contribution in [2.45, 2.75) is 44.8 Å². The molecular weight excluding hydrogens is 246 g/mol. The summed E-state index contributed by atoms with van der Waals surface area (Å²) >= 11 is 0. The Morgan fingerprint density at radius 3 is 2.79 bits per heavy atom. The van der Waals surface area contributed by atoms with Crippen molar-refractivity contribution in [3.8, 4) is 0 Å². The summed E-state index contributed by atoms with van der Waals surface area (Å²) in [7, 11) is 0. The van der Waals surface area contributed by atoms with E-state index in [1.165, 1.54) is 0 Å². The number of carbonyl (C=O) groups is 1. The van der Waals surface area contributed by atoms with Gasteiger partial charge in [-0.2, -0.15) is 0 Å². The summed E-state index contributed by atoms with van der Waals surface area (Å²) in [5.41, 5.74) is 0.472. The summed E-state index contributed by atoms with van der Waals surface area (Å²) in [5, 5.41) is 10.2. The largest absolute Gasteiger partial charge is 0.472 e. The molecule has 0 aliphatic carbocycles. The molecule has 0 aromatic carbocycles.